The minimum atomic E-state index is -0.106. The number of carbonyl (C=O) groups is 2. The highest BCUT2D eigenvalue weighted by Crippen LogP contribution is 2.32. The fourth-order valence-electron chi connectivity index (χ4n) is 4.46. The number of anilines is 2. The fourth-order valence-corrected chi connectivity index (χ4v) is 6.16. The molecule has 6 nitrogen and oxygen atoms in total. The van der Waals surface area contributed by atoms with Crippen molar-refractivity contribution in [1.29, 1.82) is 0 Å². The second-order valence-electron chi connectivity index (χ2n) is 10.4. The maximum absolute atomic E-state index is 13.0. The predicted octanol–water partition coefficient (Wildman–Crippen LogP) is 7.96. The third kappa shape index (κ3) is 7.23. The third-order valence-corrected chi connectivity index (χ3v) is 8.63. The van der Waals surface area contributed by atoms with E-state index < -0.39 is 0 Å². The lowest BCUT2D eigenvalue weighted by atomic mass is 9.98. The molecule has 0 spiro atoms. The van der Waals surface area contributed by atoms with Crippen molar-refractivity contribution in [2.24, 2.45) is 0 Å². The number of aryl methyl sites for hydroxylation is 2. The number of nitrogens with zero attached hydrogens (tertiary/aromatic N) is 2. The molecule has 0 saturated heterocycles. The second kappa shape index (κ2) is 13.3. The van der Waals surface area contributed by atoms with Crippen LogP contribution in [-0.4, -0.2) is 33.3 Å². The second-order valence-corrected chi connectivity index (χ2v) is 12.3. The van der Waals surface area contributed by atoms with Gasteiger partial charge >= 0.3 is 0 Å². The summed E-state index contributed by atoms with van der Waals surface area (Å²) in [6.07, 6.45) is 0. The molecular weight excluding hydrogens is 537 g/mol. The summed E-state index contributed by atoms with van der Waals surface area (Å²) in [6.45, 7) is 12.5. The summed E-state index contributed by atoms with van der Waals surface area (Å²) in [5, 5.41) is 7.49. The highest BCUT2D eigenvalue weighted by atomic mass is 32.2. The van der Waals surface area contributed by atoms with E-state index in [-0.39, 0.29) is 23.3 Å². The third-order valence-electron chi connectivity index (χ3n) is 6.57. The largest absolute Gasteiger partial charge is 0.325 e. The molecule has 2 N–H and O–H groups in total. The number of carbonyl (C=O) groups excluding carboxylic acids is 2. The van der Waals surface area contributed by atoms with E-state index in [9.17, 15) is 9.59 Å². The number of para-hydroxylation sites is 4. The molecule has 0 atom stereocenters. The summed E-state index contributed by atoms with van der Waals surface area (Å²) in [4.78, 5) is 35.6. The Hall–Kier alpha value is -3.36. The number of benzene rings is 3. The Kier molecular flexibility index (Phi) is 9.87. The Labute approximate surface area is 245 Å². The van der Waals surface area contributed by atoms with Gasteiger partial charge in [-0.2, -0.15) is 0 Å². The Morgan fingerprint density at radius 1 is 0.650 bits per heavy atom. The van der Waals surface area contributed by atoms with E-state index in [1.165, 1.54) is 23.5 Å². The lowest BCUT2D eigenvalue weighted by Gasteiger charge is -2.17. The quantitative estimate of drug-likeness (QED) is 0.188. The molecule has 3 aromatic carbocycles. The zero-order valence-corrected chi connectivity index (χ0v) is 25.5. The molecule has 2 amide bonds. The number of amides is 2. The molecule has 208 valence electrons. The highest BCUT2D eigenvalue weighted by molar-refractivity contribution is 8.02. The molecule has 0 aliphatic rings. The van der Waals surface area contributed by atoms with Gasteiger partial charge in [-0.3, -0.25) is 9.59 Å². The topological polar surface area (TPSA) is 84.0 Å². The van der Waals surface area contributed by atoms with E-state index in [4.69, 9.17) is 9.97 Å². The molecular formula is C32H36N4O2S2. The Morgan fingerprint density at radius 3 is 1.43 bits per heavy atom. The lowest BCUT2D eigenvalue weighted by Crippen LogP contribution is -2.17. The minimum absolute atomic E-state index is 0.106. The monoisotopic (exact) mass is 572 g/mol. The molecule has 0 aliphatic carbocycles. The summed E-state index contributed by atoms with van der Waals surface area (Å²) >= 11 is 2.67. The summed E-state index contributed by atoms with van der Waals surface area (Å²) in [6, 6.07) is 19.8. The van der Waals surface area contributed by atoms with Crippen LogP contribution in [0.4, 0.5) is 11.4 Å². The molecule has 1 aromatic heterocycles. The number of rotatable bonds is 10. The van der Waals surface area contributed by atoms with Crippen molar-refractivity contribution in [2.45, 2.75) is 63.4 Å². The van der Waals surface area contributed by atoms with Crippen molar-refractivity contribution in [3.8, 4) is 0 Å². The van der Waals surface area contributed by atoms with E-state index in [2.05, 4.69) is 50.5 Å². The smallest absolute Gasteiger partial charge is 0.234 e. The van der Waals surface area contributed by atoms with E-state index in [1.54, 1.807) is 0 Å². The summed E-state index contributed by atoms with van der Waals surface area (Å²) in [5.41, 5.74) is 7.54. The van der Waals surface area contributed by atoms with Crippen LogP contribution in [0.25, 0.3) is 11.0 Å². The number of hydrogen-bond acceptors (Lipinski definition) is 6. The van der Waals surface area contributed by atoms with Gasteiger partial charge in [0.05, 0.1) is 22.5 Å². The molecule has 8 heteroatoms. The van der Waals surface area contributed by atoms with Crippen LogP contribution in [0.15, 0.2) is 70.7 Å². The normalized spacial score (nSPS) is 11.3. The van der Waals surface area contributed by atoms with Gasteiger partial charge in [-0.15, -0.1) is 0 Å². The van der Waals surface area contributed by atoms with Crippen LogP contribution in [0.2, 0.25) is 0 Å². The number of thioether (sulfide) groups is 2. The van der Waals surface area contributed by atoms with E-state index in [0.29, 0.717) is 21.9 Å². The zero-order chi connectivity index (χ0) is 28.8. The average Bonchev–Trinajstić information content (AvgIpc) is 2.92. The van der Waals surface area contributed by atoms with Crippen molar-refractivity contribution in [1.82, 2.24) is 9.97 Å². The summed E-state index contributed by atoms with van der Waals surface area (Å²) in [7, 11) is 0. The van der Waals surface area contributed by atoms with Crippen LogP contribution in [0.5, 0.6) is 0 Å². The first kappa shape index (κ1) is 29.6. The van der Waals surface area contributed by atoms with Crippen molar-refractivity contribution in [3.05, 3.63) is 82.9 Å². The molecule has 0 bridgehead atoms. The van der Waals surface area contributed by atoms with Crippen LogP contribution < -0.4 is 10.6 Å². The average molecular weight is 573 g/mol. The van der Waals surface area contributed by atoms with Crippen molar-refractivity contribution in [3.63, 3.8) is 0 Å². The molecule has 0 aliphatic heterocycles. The van der Waals surface area contributed by atoms with E-state index in [1.807, 2.05) is 62.4 Å². The Morgan fingerprint density at radius 2 is 1.05 bits per heavy atom. The molecule has 4 rings (SSSR count). The Bertz CT molecular complexity index is 1420. The van der Waals surface area contributed by atoms with Gasteiger partial charge in [0.2, 0.25) is 11.8 Å². The van der Waals surface area contributed by atoms with Gasteiger partial charge in [-0.25, -0.2) is 9.97 Å². The van der Waals surface area contributed by atoms with Crippen molar-refractivity contribution in [2.75, 3.05) is 22.1 Å². The first-order valence-electron chi connectivity index (χ1n) is 13.4. The zero-order valence-electron chi connectivity index (χ0n) is 23.9. The highest BCUT2D eigenvalue weighted by Gasteiger charge is 2.17. The minimum Gasteiger partial charge on any atom is -0.325 e. The number of fused-ring (bicyclic) bond motifs is 1. The van der Waals surface area contributed by atoms with Crippen molar-refractivity contribution < 1.29 is 9.59 Å². The first-order valence-corrected chi connectivity index (χ1v) is 15.4. The van der Waals surface area contributed by atoms with Gasteiger partial charge in [-0.1, -0.05) is 99.7 Å². The van der Waals surface area contributed by atoms with Crippen LogP contribution in [-0.2, 0) is 9.59 Å². The SMILES string of the molecule is Cc1cccc(C(C)C)c1NC(=O)CSc1nc2ccccc2nc1SCC(=O)Nc1c(C)cccc1C(C)C. The van der Waals surface area contributed by atoms with Crippen LogP contribution in [0.1, 0.15) is 61.8 Å². The van der Waals surface area contributed by atoms with Crippen LogP contribution >= 0.6 is 23.5 Å². The molecule has 0 unspecified atom stereocenters. The first-order chi connectivity index (χ1) is 19.1. The molecule has 0 radical (unpaired) electrons. The molecule has 0 saturated carbocycles. The van der Waals surface area contributed by atoms with Gasteiger partial charge in [0.1, 0.15) is 10.1 Å². The van der Waals surface area contributed by atoms with Crippen LogP contribution in [0, 0.1) is 13.8 Å². The summed E-state index contributed by atoms with van der Waals surface area (Å²) in [5.74, 6) is 0.731. The van der Waals surface area contributed by atoms with Gasteiger partial charge in [0.15, 0.2) is 0 Å². The van der Waals surface area contributed by atoms with Gasteiger partial charge in [-0.05, 0) is 60.1 Å². The number of nitrogens with one attached hydrogen (secondary N) is 2. The molecule has 40 heavy (non-hydrogen) atoms. The van der Waals surface area contributed by atoms with E-state index in [0.717, 1.165) is 44.7 Å². The lowest BCUT2D eigenvalue weighted by molar-refractivity contribution is -0.114. The summed E-state index contributed by atoms with van der Waals surface area (Å²) < 4.78 is 0. The molecule has 4 aromatic rings. The van der Waals surface area contributed by atoms with Crippen LogP contribution in [0.3, 0.4) is 0 Å². The number of aromatic nitrogens is 2. The molecule has 1 heterocycles. The predicted molar refractivity (Wildman–Crippen MR) is 169 cm³/mol. The fraction of sp³-hybridized carbons (Fsp3) is 0.312. The van der Waals surface area contributed by atoms with E-state index >= 15 is 0 Å². The number of hydrogen-bond donors (Lipinski definition) is 2. The van der Waals surface area contributed by atoms with Gasteiger partial charge < -0.3 is 10.6 Å². The maximum Gasteiger partial charge on any atom is 0.234 e. The Balaban J connectivity index is 1.50. The molecule has 0 fully saturated rings. The van der Waals surface area contributed by atoms with Crippen molar-refractivity contribution >= 4 is 57.7 Å². The maximum atomic E-state index is 13.0. The van der Waals surface area contributed by atoms with Gasteiger partial charge in [0.25, 0.3) is 0 Å². The standard InChI is InChI=1S/C32H36N4O2S2/c1-19(2)23-13-9-11-21(5)29(23)35-27(37)17-39-31-32(34-26-16-8-7-15-25(26)33-31)40-18-28(38)36-30-22(6)12-10-14-24(30)20(3)4/h7-16,19-20H,17-18H2,1-6H3,(H,35,37)(H,36,38). The van der Waals surface area contributed by atoms with Gasteiger partial charge in [0, 0.05) is 11.4 Å².